The molecule has 7 nitrogen and oxygen atoms in total. The molecule has 7 heteroatoms. The molecule has 1 aliphatic heterocycles. The highest BCUT2D eigenvalue weighted by Crippen LogP contribution is 2.40. The van der Waals surface area contributed by atoms with Crippen LogP contribution in [0.4, 0.5) is 5.69 Å². The van der Waals surface area contributed by atoms with E-state index < -0.39 is 0 Å². The SMILES string of the molecule is COc1cc(NN2C=CNC2c2ccc3cc[nH]c3c2)cc(OC)c1OC. The minimum atomic E-state index is -0.0446. The summed E-state index contributed by atoms with van der Waals surface area (Å²) in [5, 5.41) is 6.54. The molecular formula is C20H22N4O3. The third-order valence-corrected chi connectivity index (χ3v) is 4.59. The van der Waals surface area contributed by atoms with E-state index in [0.29, 0.717) is 17.2 Å². The van der Waals surface area contributed by atoms with Crippen LogP contribution < -0.4 is 25.0 Å². The first-order valence-corrected chi connectivity index (χ1v) is 8.58. The summed E-state index contributed by atoms with van der Waals surface area (Å²) in [5.74, 6) is 1.76. The van der Waals surface area contributed by atoms with E-state index in [1.165, 1.54) is 5.39 Å². The van der Waals surface area contributed by atoms with Crippen molar-refractivity contribution in [3.05, 3.63) is 60.6 Å². The molecule has 0 radical (unpaired) electrons. The Hall–Kier alpha value is -3.48. The summed E-state index contributed by atoms with van der Waals surface area (Å²) in [6, 6.07) is 12.2. The van der Waals surface area contributed by atoms with Gasteiger partial charge in [-0.2, -0.15) is 0 Å². The van der Waals surface area contributed by atoms with Crippen molar-refractivity contribution in [1.29, 1.82) is 0 Å². The summed E-state index contributed by atoms with van der Waals surface area (Å²) >= 11 is 0. The molecule has 140 valence electrons. The Morgan fingerprint density at radius 2 is 1.74 bits per heavy atom. The van der Waals surface area contributed by atoms with Gasteiger partial charge in [-0.15, -0.1) is 0 Å². The molecule has 2 heterocycles. The maximum absolute atomic E-state index is 5.43. The van der Waals surface area contributed by atoms with Crippen LogP contribution in [0.2, 0.25) is 0 Å². The summed E-state index contributed by atoms with van der Waals surface area (Å²) in [6.07, 6.45) is 5.76. The molecule has 0 spiro atoms. The molecule has 1 aliphatic rings. The number of H-pyrrole nitrogens is 1. The number of aromatic amines is 1. The zero-order chi connectivity index (χ0) is 18.8. The lowest BCUT2D eigenvalue weighted by atomic mass is 10.1. The maximum atomic E-state index is 5.43. The molecule has 0 fully saturated rings. The summed E-state index contributed by atoms with van der Waals surface area (Å²) in [4.78, 5) is 3.26. The van der Waals surface area contributed by atoms with Gasteiger partial charge in [0.15, 0.2) is 11.5 Å². The average Bonchev–Trinajstić information content (AvgIpc) is 3.35. The Morgan fingerprint density at radius 3 is 2.44 bits per heavy atom. The number of fused-ring (bicyclic) bond motifs is 1. The van der Waals surface area contributed by atoms with Crippen LogP contribution in [0.3, 0.4) is 0 Å². The molecule has 1 atom stereocenters. The van der Waals surface area contributed by atoms with Gasteiger partial charge in [-0.3, -0.25) is 10.4 Å². The summed E-state index contributed by atoms with van der Waals surface area (Å²) in [6.45, 7) is 0. The third kappa shape index (κ3) is 3.08. The van der Waals surface area contributed by atoms with E-state index in [-0.39, 0.29) is 6.17 Å². The average molecular weight is 366 g/mol. The van der Waals surface area contributed by atoms with Gasteiger partial charge in [0.25, 0.3) is 0 Å². The number of nitrogens with one attached hydrogen (secondary N) is 3. The lowest BCUT2D eigenvalue weighted by molar-refractivity contribution is 0.321. The lowest BCUT2D eigenvalue weighted by Crippen LogP contribution is -2.31. The molecular weight excluding hydrogens is 344 g/mol. The minimum Gasteiger partial charge on any atom is -0.493 e. The van der Waals surface area contributed by atoms with Gasteiger partial charge < -0.3 is 24.5 Å². The monoisotopic (exact) mass is 366 g/mol. The zero-order valence-electron chi connectivity index (χ0n) is 15.4. The highest BCUT2D eigenvalue weighted by Gasteiger charge is 2.22. The molecule has 0 saturated heterocycles. The first-order chi connectivity index (χ1) is 13.2. The molecule has 1 unspecified atom stereocenters. The maximum Gasteiger partial charge on any atom is 0.203 e. The third-order valence-electron chi connectivity index (χ3n) is 4.59. The number of ether oxygens (including phenoxy) is 3. The summed E-state index contributed by atoms with van der Waals surface area (Å²) in [5.41, 5.74) is 6.45. The molecule has 2 aromatic carbocycles. The minimum absolute atomic E-state index is 0.0446. The quantitative estimate of drug-likeness (QED) is 0.619. The van der Waals surface area contributed by atoms with Crippen molar-refractivity contribution in [1.82, 2.24) is 15.3 Å². The molecule has 4 rings (SSSR count). The standard InChI is InChI=1S/C20H22N4O3/c1-25-17-11-15(12-18(26-2)19(17)27-3)23-24-9-8-22-20(24)14-5-4-13-6-7-21-16(13)10-14/h4-12,20-23H,1-3H3. The second kappa shape index (κ2) is 7.03. The van der Waals surface area contributed by atoms with Crippen molar-refractivity contribution in [2.24, 2.45) is 0 Å². The van der Waals surface area contributed by atoms with Crippen LogP contribution in [0.15, 0.2) is 55.0 Å². The topological polar surface area (TPSA) is 70.8 Å². The van der Waals surface area contributed by atoms with Crippen LogP contribution in [0.5, 0.6) is 17.2 Å². The van der Waals surface area contributed by atoms with E-state index in [9.17, 15) is 0 Å². The van der Waals surface area contributed by atoms with Gasteiger partial charge in [-0.05, 0) is 23.1 Å². The first kappa shape index (κ1) is 17.0. The van der Waals surface area contributed by atoms with Gasteiger partial charge in [-0.25, -0.2) is 0 Å². The van der Waals surface area contributed by atoms with Crippen molar-refractivity contribution < 1.29 is 14.2 Å². The van der Waals surface area contributed by atoms with Crippen LogP contribution in [-0.2, 0) is 0 Å². The van der Waals surface area contributed by atoms with Crippen molar-refractivity contribution in [3.63, 3.8) is 0 Å². The summed E-state index contributed by atoms with van der Waals surface area (Å²) < 4.78 is 16.3. The van der Waals surface area contributed by atoms with Crippen LogP contribution in [-0.4, -0.2) is 31.3 Å². The normalized spacial score (nSPS) is 15.7. The molecule has 3 N–H and O–H groups in total. The number of anilines is 1. The van der Waals surface area contributed by atoms with Gasteiger partial charge in [0.2, 0.25) is 5.75 Å². The number of benzene rings is 2. The fourth-order valence-corrected chi connectivity index (χ4v) is 3.27. The van der Waals surface area contributed by atoms with E-state index in [1.54, 1.807) is 21.3 Å². The second-order valence-corrected chi connectivity index (χ2v) is 6.14. The lowest BCUT2D eigenvalue weighted by Gasteiger charge is -2.28. The number of rotatable bonds is 6. The van der Waals surface area contributed by atoms with Gasteiger partial charge in [0.05, 0.1) is 27.0 Å². The molecule has 0 bridgehead atoms. The largest absolute Gasteiger partial charge is 0.493 e. The fraction of sp³-hybridized carbons (Fsp3) is 0.200. The number of aromatic nitrogens is 1. The predicted octanol–water partition coefficient (Wildman–Crippen LogP) is 3.60. The van der Waals surface area contributed by atoms with Crippen molar-refractivity contribution in [2.75, 3.05) is 26.8 Å². The van der Waals surface area contributed by atoms with Gasteiger partial charge >= 0.3 is 0 Å². The van der Waals surface area contributed by atoms with Crippen LogP contribution in [0, 0.1) is 0 Å². The number of nitrogens with zero attached hydrogens (tertiary/aromatic N) is 1. The molecule has 0 aliphatic carbocycles. The molecule has 0 amide bonds. The van der Waals surface area contributed by atoms with Gasteiger partial charge in [0, 0.05) is 36.2 Å². The zero-order valence-corrected chi connectivity index (χ0v) is 15.4. The molecule has 27 heavy (non-hydrogen) atoms. The number of hydrazine groups is 1. The predicted molar refractivity (Wildman–Crippen MR) is 105 cm³/mol. The van der Waals surface area contributed by atoms with E-state index >= 15 is 0 Å². The van der Waals surface area contributed by atoms with Crippen molar-refractivity contribution in [3.8, 4) is 17.2 Å². The highest BCUT2D eigenvalue weighted by atomic mass is 16.5. The number of hydrogen-bond donors (Lipinski definition) is 3. The smallest absolute Gasteiger partial charge is 0.203 e. The highest BCUT2D eigenvalue weighted by molar-refractivity contribution is 5.80. The summed E-state index contributed by atoms with van der Waals surface area (Å²) in [7, 11) is 4.80. The molecule has 1 aromatic heterocycles. The number of hydrogen-bond acceptors (Lipinski definition) is 6. The molecule has 3 aromatic rings. The Kier molecular flexibility index (Phi) is 4.42. The van der Waals surface area contributed by atoms with E-state index in [1.807, 2.05) is 35.7 Å². The second-order valence-electron chi connectivity index (χ2n) is 6.14. The first-order valence-electron chi connectivity index (χ1n) is 8.58. The van der Waals surface area contributed by atoms with Crippen molar-refractivity contribution in [2.45, 2.75) is 6.17 Å². The van der Waals surface area contributed by atoms with E-state index in [0.717, 1.165) is 16.8 Å². The Balaban J connectivity index is 1.62. The van der Waals surface area contributed by atoms with Crippen LogP contribution in [0.25, 0.3) is 10.9 Å². The molecule has 0 saturated carbocycles. The van der Waals surface area contributed by atoms with Gasteiger partial charge in [0.1, 0.15) is 6.17 Å². The Labute approximate surface area is 157 Å². The van der Waals surface area contributed by atoms with Crippen LogP contribution >= 0.6 is 0 Å². The van der Waals surface area contributed by atoms with E-state index in [4.69, 9.17) is 14.2 Å². The van der Waals surface area contributed by atoms with Crippen LogP contribution in [0.1, 0.15) is 11.7 Å². The van der Waals surface area contributed by atoms with E-state index in [2.05, 4.69) is 40.0 Å². The number of methoxy groups -OCH3 is 3. The Morgan fingerprint density at radius 1 is 0.963 bits per heavy atom. The Bertz CT molecular complexity index is 957. The van der Waals surface area contributed by atoms with Crippen molar-refractivity contribution >= 4 is 16.6 Å². The fourth-order valence-electron chi connectivity index (χ4n) is 3.27. The van der Waals surface area contributed by atoms with Gasteiger partial charge in [-0.1, -0.05) is 12.1 Å².